The number of aliphatic hydroxyl groups excluding tert-OH is 1. The van der Waals surface area contributed by atoms with E-state index in [0.29, 0.717) is 23.2 Å². The van der Waals surface area contributed by atoms with Gasteiger partial charge >= 0.3 is 0 Å². The molecule has 3 atom stereocenters. The third kappa shape index (κ3) is 3.39. The average Bonchev–Trinajstić information content (AvgIpc) is 3.03. The van der Waals surface area contributed by atoms with Crippen molar-refractivity contribution in [2.75, 3.05) is 19.9 Å². The predicted molar refractivity (Wildman–Crippen MR) is 74.3 cm³/mol. The third-order valence-corrected chi connectivity index (χ3v) is 3.74. The number of hydrogen-bond donors (Lipinski definition) is 2. The van der Waals surface area contributed by atoms with Gasteiger partial charge in [0.2, 0.25) is 12.7 Å². The molecule has 114 valence electrons. The molecule has 1 aliphatic carbocycles. The molecular formula is C15H19NO5. The topological polar surface area (TPSA) is 77.0 Å². The first-order chi connectivity index (χ1) is 10.1. The lowest BCUT2D eigenvalue weighted by Crippen LogP contribution is -2.36. The molecule has 1 heterocycles. The highest BCUT2D eigenvalue weighted by molar-refractivity contribution is 5.81. The number of carbonyl (C=O) groups is 1. The second-order valence-electron chi connectivity index (χ2n) is 5.54. The van der Waals surface area contributed by atoms with Crippen LogP contribution in [0.25, 0.3) is 0 Å². The molecule has 0 bridgehead atoms. The highest BCUT2D eigenvalue weighted by Gasteiger charge is 2.38. The van der Waals surface area contributed by atoms with Crippen molar-refractivity contribution < 1.29 is 24.1 Å². The zero-order valence-corrected chi connectivity index (χ0v) is 11.9. The molecule has 21 heavy (non-hydrogen) atoms. The summed E-state index contributed by atoms with van der Waals surface area (Å²) in [6, 6.07) is 5.24. The van der Waals surface area contributed by atoms with Crippen LogP contribution >= 0.6 is 0 Å². The Morgan fingerprint density at radius 1 is 1.48 bits per heavy atom. The Kier molecular flexibility index (Phi) is 3.88. The minimum Gasteiger partial charge on any atom is -0.491 e. The molecule has 6 heteroatoms. The molecule has 1 aromatic carbocycles. The first kappa shape index (κ1) is 14.0. The number of nitrogens with one attached hydrogen (secondary N) is 1. The van der Waals surface area contributed by atoms with E-state index in [1.54, 1.807) is 18.2 Å². The van der Waals surface area contributed by atoms with Gasteiger partial charge in [0.15, 0.2) is 11.5 Å². The van der Waals surface area contributed by atoms with Gasteiger partial charge in [0.25, 0.3) is 0 Å². The van der Waals surface area contributed by atoms with Crippen molar-refractivity contribution in [1.29, 1.82) is 0 Å². The molecule has 2 aliphatic rings. The normalized spacial score (nSPS) is 23.5. The summed E-state index contributed by atoms with van der Waals surface area (Å²) in [6.07, 6.45) is 0.198. The average molecular weight is 293 g/mol. The Balaban J connectivity index is 1.41. The number of aliphatic hydroxyl groups is 1. The molecule has 1 aromatic rings. The smallest absolute Gasteiger partial charge is 0.231 e. The molecule has 0 saturated heterocycles. The van der Waals surface area contributed by atoms with Crippen LogP contribution in [0.15, 0.2) is 18.2 Å². The van der Waals surface area contributed by atoms with Crippen LogP contribution in [0.1, 0.15) is 13.3 Å². The van der Waals surface area contributed by atoms with Crippen LogP contribution in [0.2, 0.25) is 0 Å². The molecule has 1 aliphatic heterocycles. The van der Waals surface area contributed by atoms with E-state index >= 15 is 0 Å². The molecule has 0 radical (unpaired) electrons. The second kappa shape index (κ2) is 5.81. The second-order valence-corrected chi connectivity index (χ2v) is 5.54. The van der Waals surface area contributed by atoms with E-state index in [2.05, 4.69) is 5.32 Å². The molecule has 0 aromatic heterocycles. The monoisotopic (exact) mass is 293 g/mol. The number of fused-ring (bicyclic) bond motifs is 1. The SMILES string of the molecule is C[C@@H]1C[C@@H]1C(=O)NC[C@@H](O)COc1ccc2c(c1)OCO2. The Bertz CT molecular complexity index is 533. The lowest BCUT2D eigenvalue weighted by atomic mass is 10.3. The van der Waals surface area contributed by atoms with Gasteiger partial charge in [0.1, 0.15) is 18.5 Å². The fourth-order valence-electron chi connectivity index (χ4n) is 2.25. The summed E-state index contributed by atoms with van der Waals surface area (Å²) in [4.78, 5) is 11.6. The quantitative estimate of drug-likeness (QED) is 0.816. The number of rotatable bonds is 6. The summed E-state index contributed by atoms with van der Waals surface area (Å²) in [5, 5.41) is 12.6. The van der Waals surface area contributed by atoms with E-state index < -0.39 is 6.10 Å². The third-order valence-electron chi connectivity index (χ3n) is 3.74. The van der Waals surface area contributed by atoms with E-state index in [1.165, 1.54) is 0 Å². The van der Waals surface area contributed by atoms with Crippen molar-refractivity contribution in [3.05, 3.63) is 18.2 Å². The van der Waals surface area contributed by atoms with E-state index in [0.717, 1.165) is 6.42 Å². The van der Waals surface area contributed by atoms with Crippen molar-refractivity contribution in [1.82, 2.24) is 5.32 Å². The summed E-state index contributed by atoms with van der Waals surface area (Å²) in [5.41, 5.74) is 0. The maximum atomic E-state index is 11.6. The van der Waals surface area contributed by atoms with Gasteiger partial charge in [-0.2, -0.15) is 0 Å². The van der Waals surface area contributed by atoms with Gasteiger partial charge in [0.05, 0.1) is 0 Å². The number of benzene rings is 1. The standard InChI is InChI=1S/C15H19NO5/c1-9-4-12(9)15(18)16-6-10(17)7-19-11-2-3-13-14(5-11)21-8-20-13/h2-3,5,9-10,12,17H,4,6-8H2,1H3,(H,16,18)/t9-,10-,12+/m1/s1. The molecule has 0 unspecified atom stereocenters. The van der Waals surface area contributed by atoms with Crippen molar-refractivity contribution in [3.63, 3.8) is 0 Å². The molecule has 1 amide bonds. The number of carbonyl (C=O) groups excluding carboxylic acids is 1. The van der Waals surface area contributed by atoms with Crippen LogP contribution in [-0.4, -0.2) is 37.1 Å². The zero-order chi connectivity index (χ0) is 14.8. The highest BCUT2D eigenvalue weighted by atomic mass is 16.7. The maximum Gasteiger partial charge on any atom is 0.231 e. The lowest BCUT2D eigenvalue weighted by molar-refractivity contribution is -0.123. The zero-order valence-electron chi connectivity index (χ0n) is 11.9. The molecule has 3 rings (SSSR count). The predicted octanol–water partition coefficient (Wildman–Crippen LogP) is 0.927. The van der Waals surface area contributed by atoms with E-state index in [1.807, 2.05) is 6.92 Å². The molecular weight excluding hydrogens is 274 g/mol. The van der Waals surface area contributed by atoms with E-state index in [-0.39, 0.29) is 31.8 Å². The van der Waals surface area contributed by atoms with Crippen LogP contribution in [0.3, 0.4) is 0 Å². The van der Waals surface area contributed by atoms with Gasteiger partial charge in [-0.1, -0.05) is 6.92 Å². The van der Waals surface area contributed by atoms with Gasteiger partial charge in [0, 0.05) is 18.5 Å². The van der Waals surface area contributed by atoms with Crippen molar-refractivity contribution in [2.24, 2.45) is 11.8 Å². The van der Waals surface area contributed by atoms with Crippen LogP contribution in [0.5, 0.6) is 17.2 Å². The number of ether oxygens (including phenoxy) is 3. The number of hydrogen-bond acceptors (Lipinski definition) is 5. The summed E-state index contributed by atoms with van der Waals surface area (Å²) in [6.45, 7) is 2.57. The fraction of sp³-hybridized carbons (Fsp3) is 0.533. The summed E-state index contributed by atoms with van der Waals surface area (Å²) >= 11 is 0. The van der Waals surface area contributed by atoms with E-state index in [4.69, 9.17) is 14.2 Å². The molecule has 1 saturated carbocycles. The van der Waals surface area contributed by atoms with E-state index in [9.17, 15) is 9.90 Å². The summed E-state index contributed by atoms with van der Waals surface area (Å²) in [5.74, 6) is 2.52. The fourth-order valence-corrected chi connectivity index (χ4v) is 2.25. The first-order valence-corrected chi connectivity index (χ1v) is 7.11. The first-order valence-electron chi connectivity index (χ1n) is 7.11. The molecule has 2 N–H and O–H groups in total. The maximum absolute atomic E-state index is 11.6. The number of amides is 1. The van der Waals surface area contributed by atoms with Crippen LogP contribution < -0.4 is 19.5 Å². The van der Waals surface area contributed by atoms with Crippen molar-refractivity contribution in [2.45, 2.75) is 19.4 Å². The Hall–Kier alpha value is -1.95. The molecule has 6 nitrogen and oxygen atoms in total. The largest absolute Gasteiger partial charge is 0.491 e. The van der Waals surface area contributed by atoms with Gasteiger partial charge in [-0.3, -0.25) is 4.79 Å². The van der Waals surface area contributed by atoms with Crippen LogP contribution in [0, 0.1) is 11.8 Å². The van der Waals surface area contributed by atoms with Crippen LogP contribution in [0.4, 0.5) is 0 Å². The Morgan fingerprint density at radius 2 is 2.24 bits per heavy atom. The van der Waals surface area contributed by atoms with Gasteiger partial charge < -0.3 is 24.6 Å². The Labute approximate surface area is 123 Å². The van der Waals surface area contributed by atoms with Gasteiger partial charge in [-0.05, 0) is 24.5 Å². The minimum atomic E-state index is -0.742. The van der Waals surface area contributed by atoms with Gasteiger partial charge in [-0.25, -0.2) is 0 Å². The van der Waals surface area contributed by atoms with Crippen LogP contribution in [-0.2, 0) is 4.79 Å². The summed E-state index contributed by atoms with van der Waals surface area (Å²) in [7, 11) is 0. The summed E-state index contributed by atoms with van der Waals surface area (Å²) < 4.78 is 15.9. The molecule has 0 spiro atoms. The lowest BCUT2D eigenvalue weighted by Gasteiger charge is -2.13. The van der Waals surface area contributed by atoms with Gasteiger partial charge in [-0.15, -0.1) is 0 Å². The molecule has 1 fully saturated rings. The van der Waals surface area contributed by atoms with Crippen molar-refractivity contribution >= 4 is 5.91 Å². The van der Waals surface area contributed by atoms with Crippen molar-refractivity contribution in [3.8, 4) is 17.2 Å². The Morgan fingerprint density at radius 3 is 3.00 bits per heavy atom. The minimum absolute atomic E-state index is 0.0182. The highest BCUT2D eigenvalue weighted by Crippen LogP contribution is 2.37.